The summed E-state index contributed by atoms with van der Waals surface area (Å²) in [6.07, 6.45) is 0.202. The standard InChI is InChI=1S/C21H26ClNO4/c1-21(2,3)14-6-8-15(9-7-14)27-11-10-20(24)23-17-12-16(22)18(25-4)13-19(17)26-5/h6-9,12-13H,10-11H2,1-5H3,(H,23,24). The third-order valence-corrected chi connectivity index (χ3v) is 4.36. The Kier molecular flexibility index (Phi) is 6.97. The number of carbonyl (C=O) groups is 1. The summed E-state index contributed by atoms with van der Waals surface area (Å²) in [7, 11) is 3.03. The van der Waals surface area contributed by atoms with Crippen molar-refractivity contribution in [3.05, 3.63) is 47.0 Å². The van der Waals surface area contributed by atoms with Crippen molar-refractivity contribution in [2.75, 3.05) is 26.1 Å². The van der Waals surface area contributed by atoms with Crippen molar-refractivity contribution >= 4 is 23.2 Å². The van der Waals surface area contributed by atoms with Crippen LogP contribution in [0.3, 0.4) is 0 Å². The molecule has 2 aromatic carbocycles. The molecule has 0 unspecified atom stereocenters. The van der Waals surface area contributed by atoms with Crippen LogP contribution in [0.15, 0.2) is 36.4 Å². The van der Waals surface area contributed by atoms with Crippen molar-refractivity contribution in [3.8, 4) is 17.2 Å². The summed E-state index contributed by atoms with van der Waals surface area (Å²) in [5.41, 5.74) is 1.82. The maximum absolute atomic E-state index is 12.2. The number of hydrogen-bond donors (Lipinski definition) is 1. The molecule has 0 saturated carbocycles. The highest BCUT2D eigenvalue weighted by Crippen LogP contribution is 2.35. The van der Waals surface area contributed by atoms with E-state index in [0.29, 0.717) is 22.2 Å². The van der Waals surface area contributed by atoms with E-state index in [1.807, 2.05) is 24.3 Å². The fourth-order valence-electron chi connectivity index (χ4n) is 2.48. The van der Waals surface area contributed by atoms with E-state index in [9.17, 15) is 4.79 Å². The molecule has 0 atom stereocenters. The van der Waals surface area contributed by atoms with Crippen LogP contribution in [0.5, 0.6) is 17.2 Å². The van der Waals surface area contributed by atoms with Crippen molar-refractivity contribution in [1.82, 2.24) is 0 Å². The number of ether oxygens (including phenoxy) is 3. The minimum Gasteiger partial charge on any atom is -0.495 e. The average Bonchev–Trinajstić information content (AvgIpc) is 2.61. The largest absolute Gasteiger partial charge is 0.495 e. The zero-order valence-electron chi connectivity index (χ0n) is 16.4. The van der Waals surface area contributed by atoms with E-state index in [-0.39, 0.29) is 24.3 Å². The number of benzene rings is 2. The highest BCUT2D eigenvalue weighted by Gasteiger charge is 2.14. The fourth-order valence-corrected chi connectivity index (χ4v) is 2.72. The molecule has 0 heterocycles. The second kappa shape index (κ2) is 9.00. The van der Waals surface area contributed by atoms with Crippen molar-refractivity contribution < 1.29 is 19.0 Å². The molecule has 1 N–H and O–H groups in total. The molecule has 0 bridgehead atoms. The summed E-state index contributed by atoms with van der Waals surface area (Å²) in [5, 5.41) is 3.18. The van der Waals surface area contributed by atoms with E-state index in [1.165, 1.54) is 19.8 Å². The van der Waals surface area contributed by atoms with Crippen LogP contribution in [-0.2, 0) is 10.2 Å². The normalized spacial score (nSPS) is 11.0. The lowest BCUT2D eigenvalue weighted by molar-refractivity contribution is -0.116. The van der Waals surface area contributed by atoms with Gasteiger partial charge in [0, 0.05) is 6.07 Å². The van der Waals surface area contributed by atoms with Gasteiger partial charge in [-0.3, -0.25) is 4.79 Å². The predicted molar refractivity (Wildman–Crippen MR) is 108 cm³/mol. The number of rotatable bonds is 7. The molecule has 0 saturated heterocycles. The average molecular weight is 392 g/mol. The van der Waals surface area contributed by atoms with E-state index in [4.69, 9.17) is 25.8 Å². The summed E-state index contributed by atoms with van der Waals surface area (Å²) >= 11 is 6.11. The molecule has 2 rings (SSSR count). The van der Waals surface area contributed by atoms with Crippen LogP contribution in [-0.4, -0.2) is 26.7 Å². The molecule has 6 heteroatoms. The number of nitrogens with one attached hydrogen (secondary N) is 1. The Balaban J connectivity index is 1.90. The van der Waals surface area contributed by atoms with Crippen LogP contribution >= 0.6 is 11.6 Å². The molecule has 1 amide bonds. The Morgan fingerprint density at radius 2 is 1.67 bits per heavy atom. The molecule has 0 spiro atoms. The molecule has 0 aliphatic rings. The van der Waals surface area contributed by atoms with E-state index < -0.39 is 0 Å². The van der Waals surface area contributed by atoms with Gasteiger partial charge in [-0.2, -0.15) is 0 Å². The Labute approximate surface area is 165 Å². The first-order valence-electron chi connectivity index (χ1n) is 8.69. The van der Waals surface area contributed by atoms with Crippen molar-refractivity contribution in [3.63, 3.8) is 0 Å². The molecule has 0 aromatic heterocycles. The van der Waals surface area contributed by atoms with Crippen LogP contribution in [0.2, 0.25) is 5.02 Å². The lowest BCUT2D eigenvalue weighted by atomic mass is 9.87. The molecule has 146 valence electrons. The monoisotopic (exact) mass is 391 g/mol. The first kappa shape index (κ1) is 20.9. The molecule has 27 heavy (non-hydrogen) atoms. The van der Waals surface area contributed by atoms with Gasteiger partial charge in [0.1, 0.15) is 17.2 Å². The summed E-state index contributed by atoms with van der Waals surface area (Å²) < 4.78 is 16.1. The quantitative estimate of drug-likeness (QED) is 0.716. The van der Waals surface area contributed by atoms with Gasteiger partial charge in [0.2, 0.25) is 5.91 Å². The lowest BCUT2D eigenvalue weighted by Crippen LogP contribution is -2.16. The number of carbonyl (C=O) groups excluding carboxylic acids is 1. The van der Waals surface area contributed by atoms with Crippen LogP contribution in [0, 0.1) is 0 Å². The number of anilines is 1. The highest BCUT2D eigenvalue weighted by atomic mass is 35.5. The Morgan fingerprint density at radius 3 is 2.22 bits per heavy atom. The molecule has 0 radical (unpaired) electrons. The van der Waals surface area contributed by atoms with E-state index in [1.54, 1.807) is 12.1 Å². The SMILES string of the molecule is COc1cc(OC)c(NC(=O)CCOc2ccc(C(C)(C)C)cc2)cc1Cl. The Hall–Kier alpha value is -2.40. The van der Waals surface area contributed by atoms with Crippen LogP contribution in [0.4, 0.5) is 5.69 Å². The van der Waals surface area contributed by atoms with Crippen molar-refractivity contribution in [1.29, 1.82) is 0 Å². The Morgan fingerprint density at radius 1 is 1.04 bits per heavy atom. The topological polar surface area (TPSA) is 56.8 Å². The zero-order chi connectivity index (χ0) is 20.0. The zero-order valence-corrected chi connectivity index (χ0v) is 17.1. The Bertz CT molecular complexity index is 782. The number of amides is 1. The molecule has 5 nitrogen and oxygen atoms in total. The second-order valence-electron chi connectivity index (χ2n) is 7.11. The molecular formula is C21H26ClNO4. The van der Waals surface area contributed by atoms with E-state index >= 15 is 0 Å². The van der Waals surface area contributed by atoms with Gasteiger partial charge in [-0.1, -0.05) is 44.5 Å². The smallest absolute Gasteiger partial charge is 0.227 e. The van der Waals surface area contributed by atoms with Gasteiger partial charge >= 0.3 is 0 Å². The van der Waals surface area contributed by atoms with Gasteiger partial charge in [0.15, 0.2) is 0 Å². The molecule has 0 fully saturated rings. The summed E-state index contributed by atoms with van der Waals surface area (Å²) in [5.74, 6) is 1.50. The predicted octanol–water partition coefficient (Wildman–Crippen LogP) is 5.06. The lowest BCUT2D eigenvalue weighted by Gasteiger charge is -2.19. The van der Waals surface area contributed by atoms with Gasteiger partial charge in [-0.15, -0.1) is 0 Å². The first-order chi connectivity index (χ1) is 12.7. The number of halogens is 1. The first-order valence-corrected chi connectivity index (χ1v) is 9.07. The van der Waals surface area contributed by atoms with Gasteiger partial charge in [-0.05, 0) is 29.2 Å². The van der Waals surface area contributed by atoms with Crippen LogP contribution in [0.1, 0.15) is 32.8 Å². The maximum atomic E-state index is 12.2. The summed E-state index contributed by atoms with van der Waals surface area (Å²) in [6, 6.07) is 11.2. The molecule has 0 aliphatic heterocycles. The van der Waals surface area contributed by atoms with Crippen molar-refractivity contribution in [2.45, 2.75) is 32.6 Å². The molecule has 2 aromatic rings. The third kappa shape index (κ3) is 5.79. The van der Waals surface area contributed by atoms with Gasteiger partial charge in [0.25, 0.3) is 0 Å². The summed E-state index contributed by atoms with van der Waals surface area (Å²) in [4.78, 5) is 12.2. The second-order valence-corrected chi connectivity index (χ2v) is 7.52. The van der Waals surface area contributed by atoms with Crippen molar-refractivity contribution in [2.24, 2.45) is 0 Å². The highest BCUT2D eigenvalue weighted by molar-refractivity contribution is 6.32. The summed E-state index contributed by atoms with van der Waals surface area (Å²) in [6.45, 7) is 6.75. The maximum Gasteiger partial charge on any atom is 0.227 e. The molecule has 0 aliphatic carbocycles. The van der Waals surface area contributed by atoms with E-state index in [0.717, 1.165) is 5.75 Å². The van der Waals surface area contributed by atoms with Crippen LogP contribution < -0.4 is 19.5 Å². The van der Waals surface area contributed by atoms with Gasteiger partial charge in [0.05, 0.1) is 38.0 Å². The van der Waals surface area contributed by atoms with E-state index in [2.05, 4.69) is 26.1 Å². The van der Waals surface area contributed by atoms with Gasteiger partial charge in [-0.25, -0.2) is 0 Å². The van der Waals surface area contributed by atoms with Gasteiger partial charge < -0.3 is 19.5 Å². The minimum absolute atomic E-state index is 0.0944. The number of hydrogen-bond acceptors (Lipinski definition) is 4. The number of methoxy groups -OCH3 is 2. The third-order valence-electron chi connectivity index (χ3n) is 4.07. The minimum atomic E-state index is -0.194. The fraction of sp³-hybridized carbons (Fsp3) is 0.381. The molecular weight excluding hydrogens is 366 g/mol. The van der Waals surface area contributed by atoms with Crippen LogP contribution in [0.25, 0.3) is 0 Å².